The number of nitrogens with zero attached hydrogens (tertiary/aromatic N) is 2. The predicted molar refractivity (Wildman–Crippen MR) is 63.0 cm³/mol. The number of thiazole rings is 1. The summed E-state index contributed by atoms with van der Waals surface area (Å²) in [4.78, 5) is 5.27. The average molecular weight is 244 g/mol. The number of nitriles is 1. The highest BCUT2D eigenvalue weighted by Crippen LogP contribution is 2.36. The van der Waals surface area contributed by atoms with Crippen LogP contribution in [0, 0.1) is 11.3 Å². The number of hydrogen-bond acceptors (Lipinski definition) is 5. The van der Waals surface area contributed by atoms with Crippen molar-refractivity contribution in [1.29, 1.82) is 5.26 Å². The minimum atomic E-state index is 0.274. The fourth-order valence-electron chi connectivity index (χ4n) is 1.63. The largest absolute Gasteiger partial charge is 0.454 e. The lowest BCUT2D eigenvalue weighted by Gasteiger charge is -1.98. The number of aromatic nitrogens is 1. The first kappa shape index (κ1) is 10.1. The summed E-state index contributed by atoms with van der Waals surface area (Å²) >= 11 is 1.53. The van der Waals surface area contributed by atoms with Gasteiger partial charge < -0.3 is 9.47 Å². The third-order valence-electron chi connectivity index (χ3n) is 2.43. The van der Waals surface area contributed by atoms with Gasteiger partial charge in [0, 0.05) is 16.6 Å². The van der Waals surface area contributed by atoms with Crippen molar-refractivity contribution in [2.24, 2.45) is 0 Å². The molecule has 0 spiro atoms. The van der Waals surface area contributed by atoms with E-state index in [1.165, 1.54) is 11.3 Å². The molecular weight excluding hydrogens is 236 g/mol. The summed E-state index contributed by atoms with van der Waals surface area (Å²) in [5.74, 6) is 1.52. The van der Waals surface area contributed by atoms with Gasteiger partial charge in [0.1, 0.15) is 5.01 Å². The second-order valence-corrected chi connectivity index (χ2v) is 4.65. The molecule has 1 aliphatic rings. The quantitative estimate of drug-likeness (QED) is 0.814. The van der Waals surface area contributed by atoms with E-state index in [1.54, 1.807) is 6.20 Å². The summed E-state index contributed by atoms with van der Waals surface area (Å²) < 4.78 is 10.6. The highest BCUT2D eigenvalue weighted by Gasteiger charge is 2.15. The molecule has 0 bridgehead atoms. The maximum atomic E-state index is 8.62. The lowest BCUT2D eigenvalue weighted by Crippen LogP contribution is -1.92. The molecule has 0 saturated carbocycles. The standard InChI is InChI=1S/C12H8N2O2S/c13-4-3-9-6-14-12(17-9)8-1-2-10-11(5-8)16-7-15-10/h1-2,5-6H,3,7H2. The monoisotopic (exact) mass is 244 g/mol. The maximum absolute atomic E-state index is 8.62. The molecule has 0 radical (unpaired) electrons. The Kier molecular flexibility index (Phi) is 2.42. The van der Waals surface area contributed by atoms with Crippen molar-refractivity contribution in [2.45, 2.75) is 6.42 Å². The molecular formula is C12H8N2O2S. The molecule has 4 nitrogen and oxygen atoms in total. The topological polar surface area (TPSA) is 55.1 Å². The number of fused-ring (bicyclic) bond motifs is 1. The molecule has 0 aliphatic carbocycles. The van der Waals surface area contributed by atoms with Crippen molar-refractivity contribution in [3.8, 4) is 28.1 Å². The van der Waals surface area contributed by atoms with Gasteiger partial charge >= 0.3 is 0 Å². The van der Waals surface area contributed by atoms with Crippen LogP contribution in [0.3, 0.4) is 0 Å². The van der Waals surface area contributed by atoms with Crippen LogP contribution >= 0.6 is 11.3 Å². The van der Waals surface area contributed by atoms with E-state index in [-0.39, 0.29) is 6.79 Å². The molecule has 3 rings (SSSR count). The molecule has 0 atom stereocenters. The maximum Gasteiger partial charge on any atom is 0.231 e. The highest BCUT2D eigenvalue weighted by molar-refractivity contribution is 7.15. The first-order chi connectivity index (χ1) is 8.36. The zero-order chi connectivity index (χ0) is 11.7. The van der Waals surface area contributed by atoms with Gasteiger partial charge in [0.25, 0.3) is 0 Å². The summed E-state index contributed by atoms with van der Waals surface area (Å²) in [7, 11) is 0. The summed E-state index contributed by atoms with van der Waals surface area (Å²) in [5.41, 5.74) is 0.989. The van der Waals surface area contributed by atoms with Crippen molar-refractivity contribution < 1.29 is 9.47 Å². The van der Waals surface area contributed by atoms with Gasteiger partial charge in [-0.15, -0.1) is 11.3 Å². The lowest BCUT2D eigenvalue weighted by molar-refractivity contribution is 0.174. The van der Waals surface area contributed by atoms with Gasteiger partial charge in [-0.1, -0.05) is 0 Å². The molecule has 1 aromatic carbocycles. The smallest absolute Gasteiger partial charge is 0.231 e. The zero-order valence-electron chi connectivity index (χ0n) is 8.84. The van der Waals surface area contributed by atoms with E-state index in [0.29, 0.717) is 6.42 Å². The van der Waals surface area contributed by atoms with Crippen LogP contribution in [-0.4, -0.2) is 11.8 Å². The number of hydrogen-bond donors (Lipinski definition) is 0. The molecule has 1 aliphatic heterocycles. The highest BCUT2D eigenvalue weighted by atomic mass is 32.1. The minimum Gasteiger partial charge on any atom is -0.454 e. The minimum absolute atomic E-state index is 0.274. The van der Waals surface area contributed by atoms with Crippen molar-refractivity contribution in [1.82, 2.24) is 4.98 Å². The summed E-state index contributed by atoms with van der Waals surface area (Å²) in [5, 5.41) is 9.52. The van der Waals surface area contributed by atoms with Crippen LogP contribution in [0.4, 0.5) is 0 Å². The van der Waals surface area contributed by atoms with E-state index >= 15 is 0 Å². The van der Waals surface area contributed by atoms with Crippen molar-refractivity contribution >= 4 is 11.3 Å². The summed E-state index contributed by atoms with van der Waals surface area (Å²) in [6, 6.07) is 7.86. The molecule has 0 fully saturated rings. The Balaban J connectivity index is 1.95. The third kappa shape index (κ3) is 1.83. The predicted octanol–water partition coefficient (Wildman–Crippen LogP) is 2.60. The summed E-state index contributed by atoms with van der Waals surface area (Å²) in [6.07, 6.45) is 2.15. The van der Waals surface area contributed by atoms with Crippen LogP contribution in [0.5, 0.6) is 11.5 Å². The SMILES string of the molecule is N#CCc1cnc(-c2ccc3c(c2)OCO3)s1. The van der Waals surface area contributed by atoms with Gasteiger partial charge in [-0.2, -0.15) is 5.26 Å². The van der Waals surface area contributed by atoms with Crippen LogP contribution in [0.1, 0.15) is 4.88 Å². The van der Waals surface area contributed by atoms with Gasteiger partial charge in [-0.05, 0) is 18.2 Å². The first-order valence-corrected chi connectivity index (χ1v) is 5.90. The average Bonchev–Trinajstić information content (AvgIpc) is 2.96. The number of benzene rings is 1. The number of rotatable bonds is 2. The van der Waals surface area contributed by atoms with Gasteiger partial charge in [0.2, 0.25) is 6.79 Å². The number of ether oxygens (including phenoxy) is 2. The van der Waals surface area contributed by atoms with E-state index in [1.807, 2.05) is 18.2 Å². The van der Waals surface area contributed by atoms with Gasteiger partial charge in [-0.25, -0.2) is 4.98 Å². The fraction of sp³-hybridized carbons (Fsp3) is 0.167. The van der Waals surface area contributed by atoms with Crippen LogP contribution in [0.2, 0.25) is 0 Å². The Morgan fingerprint density at radius 1 is 1.35 bits per heavy atom. The Morgan fingerprint density at radius 3 is 3.12 bits per heavy atom. The van der Waals surface area contributed by atoms with E-state index in [2.05, 4.69) is 11.1 Å². The molecule has 84 valence electrons. The molecule has 5 heteroatoms. The lowest BCUT2D eigenvalue weighted by atomic mass is 10.2. The van der Waals surface area contributed by atoms with Crippen LogP contribution in [0.15, 0.2) is 24.4 Å². The summed E-state index contributed by atoms with van der Waals surface area (Å²) in [6.45, 7) is 0.274. The zero-order valence-corrected chi connectivity index (χ0v) is 9.66. The third-order valence-corrected chi connectivity index (χ3v) is 3.47. The van der Waals surface area contributed by atoms with E-state index in [9.17, 15) is 0 Å². The van der Waals surface area contributed by atoms with Crippen molar-refractivity contribution in [3.05, 3.63) is 29.3 Å². The van der Waals surface area contributed by atoms with E-state index in [0.717, 1.165) is 26.9 Å². The van der Waals surface area contributed by atoms with Crippen molar-refractivity contribution in [3.63, 3.8) is 0 Å². The molecule has 0 amide bonds. The van der Waals surface area contributed by atoms with Gasteiger partial charge in [0.05, 0.1) is 12.5 Å². The molecule has 17 heavy (non-hydrogen) atoms. The molecule has 0 unspecified atom stereocenters. The van der Waals surface area contributed by atoms with E-state index in [4.69, 9.17) is 14.7 Å². The Bertz CT molecular complexity index is 601. The van der Waals surface area contributed by atoms with Crippen LogP contribution in [0.25, 0.3) is 10.6 Å². The molecule has 0 N–H and O–H groups in total. The van der Waals surface area contributed by atoms with E-state index < -0.39 is 0 Å². The normalized spacial score (nSPS) is 12.4. The fourth-order valence-corrected chi connectivity index (χ4v) is 2.47. The Hall–Kier alpha value is -2.06. The van der Waals surface area contributed by atoms with Gasteiger partial charge in [0.15, 0.2) is 11.5 Å². The van der Waals surface area contributed by atoms with Crippen LogP contribution in [-0.2, 0) is 6.42 Å². The molecule has 2 aromatic rings. The Labute approximate surface area is 102 Å². The molecule has 2 heterocycles. The van der Waals surface area contributed by atoms with Crippen molar-refractivity contribution in [2.75, 3.05) is 6.79 Å². The Morgan fingerprint density at radius 2 is 2.24 bits per heavy atom. The van der Waals surface area contributed by atoms with Gasteiger partial charge in [-0.3, -0.25) is 0 Å². The molecule has 1 aromatic heterocycles. The van der Waals surface area contributed by atoms with Crippen LogP contribution < -0.4 is 9.47 Å². The first-order valence-electron chi connectivity index (χ1n) is 5.08. The molecule has 0 saturated heterocycles. The second-order valence-electron chi connectivity index (χ2n) is 3.53. The second kappa shape index (κ2) is 4.07.